The number of carbonyl (C=O) groups is 1. The van der Waals surface area contributed by atoms with Gasteiger partial charge in [-0.15, -0.1) is 0 Å². The second kappa shape index (κ2) is 11.3. The molecule has 1 aliphatic rings. The minimum atomic E-state index is -2.21. The molecule has 1 heterocycles. The first-order chi connectivity index (χ1) is 16.5. The van der Waals surface area contributed by atoms with Crippen LogP contribution in [0.2, 0.25) is 0 Å². The lowest BCUT2D eigenvalue weighted by atomic mass is 9.89. The van der Waals surface area contributed by atoms with Gasteiger partial charge in [-0.1, -0.05) is 24.3 Å². The molecule has 1 saturated heterocycles. The van der Waals surface area contributed by atoms with Crippen LogP contribution in [0.15, 0.2) is 48.5 Å². The molecule has 0 amide bonds. The van der Waals surface area contributed by atoms with Gasteiger partial charge in [-0.3, -0.25) is 0 Å². The van der Waals surface area contributed by atoms with E-state index in [0.717, 1.165) is 0 Å². The molecule has 0 bridgehead atoms. The van der Waals surface area contributed by atoms with E-state index < -0.39 is 55.0 Å². The van der Waals surface area contributed by atoms with Crippen molar-refractivity contribution in [2.45, 2.75) is 62.4 Å². The summed E-state index contributed by atoms with van der Waals surface area (Å²) in [6.45, 7) is 0.470. The van der Waals surface area contributed by atoms with E-state index in [1.807, 2.05) is 0 Å². The lowest BCUT2D eigenvalue weighted by Gasteiger charge is -2.39. The predicted molar refractivity (Wildman–Crippen MR) is 119 cm³/mol. The number of aromatic hydroxyl groups is 1. The highest BCUT2D eigenvalue weighted by molar-refractivity contribution is 5.80. The third-order valence-electron chi connectivity index (χ3n) is 5.85. The zero-order valence-corrected chi connectivity index (χ0v) is 19.0. The number of ether oxygens (including phenoxy) is 3. The Kier molecular flexibility index (Phi) is 8.67. The van der Waals surface area contributed by atoms with E-state index in [1.54, 1.807) is 12.1 Å². The number of benzene rings is 2. The van der Waals surface area contributed by atoms with Gasteiger partial charge in [0.25, 0.3) is 0 Å². The summed E-state index contributed by atoms with van der Waals surface area (Å²) in [6, 6.07) is 11.9. The predicted octanol–water partition coefficient (Wildman–Crippen LogP) is -1.03. The summed E-state index contributed by atoms with van der Waals surface area (Å²) in [5.41, 5.74) is -1.17. The molecule has 1 fully saturated rings. The molecule has 0 radical (unpaired) electrons. The van der Waals surface area contributed by atoms with Gasteiger partial charge in [-0.05, 0) is 42.3 Å². The van der Waals surface area contributed by atoms with E-state index in [9.17, 15) is 40.5 Å². The van der Waals surface area contributed by atoms with E-state index >= 15 is 0 Å². The van der Waals surface area contributed by atoms with Crippen molar-refractivity contribution in [3.05, 3.63) is 59.7 Å². The number of phenolic OH excluding ortho intramolecular Hbond substituents is 1. The van der Waals surface area contributed by atoms with Crippen LogP contribution in [-0.4, -0.2) is 90.7 Å². The van der Waals surface area contributed by atoms with Gasteiger partial charge < -0.3 is 50.0 Å². The molecule has 7 atom stereocenters. The maximum Gasteiger partial charge on any atom is 0.341 e. The minimum Gasteiger partial charge on any atom is -0.508 e. The Morgan fingerprint density at radius 3 is 2.17 bits per heavy atom. The van der Waals surface area contributed by atoms with E-state index in [0.29, 0.717) is 11.1 Å². The van der Waals surface area contributed by atoms with Gasteiger partial charge in [0.15, 0.2) is 5.60 Å². The molecule has 0 spiro atoms. The second-order valence-electron chi connectivity index (χ2n) is 8.48. The van der Waals surface area contributed by atoms with E-state index in [1.165, 1.54) is 43.3 Å². The average molecular weight is 494 g/mol. The number of rotatable bonds is 9. The number of aliphatic hydroxyl groups is 6. The molecule has 2 aromatic rings. The van der Waals surface area contributed by atoms with Gasteiger partial charge in [0, 0.05) is 6.42 Å². The van der Waals surface area contributed by atoms with Crippen molar-refractivity contribution < 1.29 is 54.8 Å². The molecule has 0 unspecified atom stereocenters. The molecule has 0 aromatic heterocycles. The smallest absolute Gasteiger partial charge is 0.341 e. The average Bonchev–Trinajstić information content (AvgIpc) is 2.84. The summed E-state index contributed by atoms with van der Waals surface area (Å²) in [6.07, 6.45) is -8.73. The van der Waals surface area contributed by atoms with Gasteiger partial charge in [0.05, 0.1) is 12.7 Å². The number of esters is 1. The fourth-order valence-electron chi connectivity index (χ4n) is 3.55. The Balaban J connectivity index is 1.59. The van der Waals surface area contributed by atoms with Crippen LogP contribution >= 0.6 is 0 Å². The van der Waals surface area contributed by atoms with Gasteiger partial charge in [0.1, 0.15) is 42.5 Å². The van der Waals surface area contributed by atoms with Crippen molar-refractivity contribution in [3.8, 4) is 11.5 Å². The first-order valence-electron chi connectivity index (χ1n) is 11.0. The van der Waals surface area contributed by atoms with Crippen molar-refractivity contribution >= 4 is 5.97 Å². The maximum atomic E-state index is 12.6. The molecule has 11 nitrogen and oxygen atoms in total. The molecular weight excluding hydrogens is 464 g/mol. The summed E-state index contributed by atoms with van der Waals surface area (Å²) in [5, 5.41) is 69.2. The fraction of sp³-hybridized carbons (Fsp3) is 0.458. The van der Waals surface area contributed by atoms with Gasteiger partial charge in [-0.25, -0.2) is 4.79 Å². The summed E-state index contributed by atoms with van der Waals surface area (Å²) < 4.78 is 16.0. The molecule has 0 aliphatic carbocycles. The quantitative estimate of drug-likeness (QED) is 0.211. The highest BCUT2D eigenvalue weighted by Crippen LogP contribution is 2.25. The van der Waals surface area contributed by atoms with Gasteiger partial charge in [-0.2, -0.15) is 0 Å². The highest BCUT2D eigenvalue weighted by atomic mass is 16.7. The minimum absolute atomic E-state index is 0.0240. The normalized spacial score (nSPS) is 27.0. The Labute approximate surface area is 201 Å². The number of aliphatic hydroxyl groups excluding tert-OH is 5. The first kappa shape index (κ1) is 26.8. The molecule has 192 valence electrons. The molecule has 0 saturated carbocycles. The lowest BCUT2D eigenvalue weighted by Crippen LogP contribution is -2.60. The van der Waals surface area contributed by atoms with Crippen LogP contribution in [0.4, 0.5) is 0 Å². The van der Waals surface area contributed by atoms with Crippen LogP contribution in [0, 0.1) is 0 Å². The summed E-state index contributed by atoms with van der Waals surface area (Å²) in [5.74, 6) is -0.768. The maximum absolute atomic E-state index is 12.6. The number of carbonyl (C=O) groups excluding carboxylic acids is 1. The van der Waals surface area contributed by atoms with Crippen molar-refractivity contribution in [1.82, 2.24) is 0 Å². The molecule has 1 aliphatic heterocycles. The monoisotopic (exact) mass is 494 g/mol. The summed E-state index contributed by atoms with van der Waals surface area (Å²) >= 11 is 0. The lowest BCUT2D eigenvalue weighted by molar-refractivity contribution is -0.277. The summed E-state index contributed by atoms with van der Waals surface area (Å²) in [4.78, 5) is 12.6. The molecule has 3 rings (SSSR count). The number of hydrogen-bond donors (Lipinski definition) is 7. The second-order valence-corrected chi connectivity index (χ2v) is 8.48. The Morgan fingerprint density at radius 1 is 1.00 bits per heavy atom. The van der Waals surface area contributed by atoms with E-state index in [-0.39, 0.29) is 24.5 Å². The third kappa shape index (κ3) is 6.27. The standard InChI is InChI=1S/C24H30O11/c1-13(26)24(32,10-14-2-6-16(27)7-3-14)23(31)33-12-15-4-8-17(9-5-15)34-22-21(30)20(29)19(28)18(11-25)35-22/h2-9,13,18-22,25-30,32H,10-12H2,1H3/t13-,18-,19+,20+,21+,22-,24-/m0/s1. The Hall–Kier alpha value is -2.77. The molecular formula is C24H30O11. The van der Waals surface area contributed by atoms with E-state index in [2.05, 4.69) is 0 Å². The van der Waals surface area contributed by atoms with Crippen LogP contribution in [0.1, 0.15) is 18.1 Å². The highest BCUT2D eigenvalue weighted by Gasteiger charge is 2.45. The SMILES string of the molecule is C[C@H](O)[C@@](O)(Cc1ccc(O)cc1)C(=O)OCc1ccc(O[C@H]2O[C@@H](CO)[C@@H](O)[C@@H](O)[C@H]2O)cc1. The van der Waals surface area contributed by atoms with E-state index in [4.69, 9.17) is 14.2 Å². The van der Waals surface area contributed by atoms with Crippen LogP contribution in [0.5, 0.6) is 11.5 Å². The van der Waals surface area contributed by atoms with Gasteiger partial charge >= 0.3 is 5.97 Å². The van der Waals surface area contributed by atoms with Crippen LogP contribution < -0.4 is 4.74 Å². The zero-order valence-electron chi connectivity index (χ0n) is 19.0. The van der Waals surface area contributed by atoms with Crippen LogP contribution in [-0.2, 0) is 27.3 Å². The third-order valence-corrected chi connectivity index (χ3v) is 5.85. The van der Waals surface area contributed by atoms with Crippen molar-refractivity contribution in [3.63, 3.8) is 0 Å². The Morgan fingerprint density at radius 2 is 1.60 bits per heavy atom. The van der Waals surface area contributed by atoms with Crippen molar-refractivity contribution in [2.24, 2.45) is 0 Å². The van der Waals surface area contributed by atoms with Crippen LogP contribution in [0.25, 0.3) is 0 Å². The van der Waals surface area contributed by atoms with Crippen LogP contribution in [0.3, 0.4) is 0 Å². The number of phenols is 1. The van der Waals surface area contributed by atoms with Crippen molar-refractivity contribution in [1.29, 1.82) is 0 Å². The molecule has 2 aromatic carbocycles. The largest absolute Gasteiger partial charge is 0.508 e. The fourth-order valence-corrected chi connectivity index (χ4v) is 3.55. The number of hydrogen-bond acceptors (Lipinski definition) is 11. The first-order valence-corrected chi connectivity index (χ1v) is 11.0. The topological polar surface area (TPSA) is 186 Å². The summed E-state index contributed by atoms with van der Waals surface area (Å²) in [7, 11) is 0. The molecule has 11 heteroatoms. The Bertz CT molecular complexity index is 960. The zero-order chi connectivity index (χ0) is 25.8. The van der Waals surface area contributed by atoms with Gasteiger partial charge in [0.2, 0.25) is 6.29 Å². The molecule has 35 heavy (non-hydrogen) atoms. The van der Waals surface area contributed by atoms with Crippen molar-refractivity contribution in [2.75, 3.05) is 6.61 Å². The molecule has 7 N–H and O–H groups in total.